The highest BCUT2D eigenvalue weighted by molar-refractivity contribution is 6.30. The standard InChI is InChI=1S/C38H39ClN4O/c1-4-6-8-36-38-32(25-37(44-38)29-9-11-33(39)12-10-29)23-31-24-34(42-21-19-41-20-22-42)13-14-35(31)43(36)26-30(7-5-2)27(3)28-15-17-40-18-16-28/h5,7-18,24-25,41H,2-4,6,19-23,26H2,1H3/b30-7-,36-8?. The van der Waals surface area contributed by atoms with Gasteiger partial charge in [0.1, 0.15) is 5.76 Å². The molecule has 0 aliphatic carbocycles. The van der Waals surface area contributed by atoms with E-state index in [1.165, 1.54) is 22.5 Å². The van der Waals surface area contributed by atoms with Gasteiger partial charge in [0.15, 0.2) is 5.76 Å². The monoisotopic (exact) mass is 602 g/mol. The molecule has 4 aromatic rings. The fourth-order valence-electron chi connectivity index (χ4n) is 6.04. The minimum atomic E-state index is 0.610. The topological polar surface area (TPSA) is 44.5 Å². The molecular weight excluding hydrogens is 564 g/mol. The summed E-state index contributed by atoms with van der Waals surface area (Å²) in [5.74, 6) is 1.76. The molecule has 1 N–H and O–H groups in total. The first-order chi connectivity index (χ1) is 21.6. The van der Waals surface area contributed by atoms with Gasteiger partial charge in [-0.15, -0.1) is 0 Å². The van der Waals surface area contributed by atoms with Crippen LogP contribution >= 0.6 is 11.6 Å². The van der Waals surface area contributed by atoms with Gasteiger partial charge in [0, 0.05) is 79.1 Å². The number of aromatic nitrogens is 1. The third-order valence-corrected chi connectivity index (χ3v) is 8.62. The van der Waals surface area contributed by atoms with Gasteiger partial charge in [0.25, 0.3) is 0 Å². The molecular formula is C38H39ClN4O. The van der Waals surface area contributed by atoms with E-state index in [2.05, 4.69) is 76.6 Å². The molecule has 2 aliphatic heterocycles. The number of benzene rings is 2. The predicted octanol–water partition coefficient (Wildman–Crippen LogP) is 8.78. The summed E-state index contributed by atoms with van der Waals surface area (Å²) >= 11 is 6.22. The molecule has 6 rings (SSSR count). The van der Waals surface area contributed by atoms with E-state index in [-0.39, 0.29) is 0 Å². The van der Waals surface area contributed by atoms with Gasteiger partial charge in [-0.05, 0) is 89.4 Å². The van der Waals surface area contributed by atoms with Crippen LogP contribution in [0.1, 0.15) is 42.2 Å². The van der Waals surface area contributed by atoms with E-state index in [0.29, 0.717) is 11.6 Å². The molecule has 0 unspecified atom stereocenters. The summed E-state index contributed by atoms with van der Waals surface area (Å²) in [7, 11) is 0. The van der Waals surface area contributed by atoms with Crippen molar-refractivity contribution in [3.8, 4) is 11.3 Å². The van der Waals surface area contributed by atoms with Crippen LogP contribution in [0, 0.1) is 0 Å². The van der Waals surface area contributed by atoms with E-state index in [1.54, 1.807) is 0 Å². The summed E-state index contributed by atoms with van der Waals surface area (Å²) < 4.78 is 6.77. The summed E-state index contributed by atoms with van der Waals surface area (Å²) in [4.78, 5) is 9.10. The van der Waals surface area contributed by atoms with Crippen LogP contribution in [0.5, 0.6) is 0 Å². The zero-order valence-corrected chi connectivity index (χ0v) is 26.1. The van der Waals surface area contributed by atoms with Gasteiger partial charge in [-0.2, -0.15) is 0 Å². The highest BCUT2D eigenvalue weighted by Crippen LogP contribution is 2.43. The number of unbranched alkanes of at least 4 members (excludes halogenated alkanes) is 1. The number of hydrogen-bond donors (Lipinski definition) is 1. The molecule has 224 valence electrons. The normalized spacial score (nSPS) is 16.0. The average Bonchev–Trinajstić information content (AvgIpc) is 3.43. The molecule has 5 nitrogen and oxygen atoms in total. The molecule has 1 fully saturated rings. The van der Waals surface area contributed by atoms with Crippen LogP contribution in [0.25, 0.3) is 22.6 Å². The molecule has 2 aliphatic rings. The number of pyridine rings is 1. The first-order valence-electron chi connectivity index (χ1n) is 15.4. The number of fused-ring (bicyclic) bond motifs is 2. The lowest BCUT2D eigenvalue weighted by molar-refractivity contribution is 0.562. The number of rotatable bonds is 9. The number of furan rings is 1. The molecule has 6 heteroatoms. The van der Waals surface area contributed by atoms with Crippen molar-refractivity contribution in [2.45, 2.75) is 26.2 Å². The largest absolute Gasteiger partial charge is 0.454 e. The fourth-order valence-corrected chi connectivity index (χ4v) is 6.17. The molecule has 0 spiro atoms. The molecule has 4 heterocycles. The Morgan fingerprint density at radius 2 is 1.80 bits per heavy atom. The molecule has 0 atom stereocenters. The lowest BCUT2D eigenvalue weighted by atomic mass is 9.98. The van der Waals surface area contributed by atoms with Crippen molar-refractivity contribution in [2.24, 2.45) is 0 Å². The number of anilines is 2. The quantitative estimate of drug-likeness (QED) is 0.194. The van der Waals surface area contributed by atoms with Gasteiger partial charge in [-0.1, -0.05) is 56.3 Å². The van der Waals surface area contributed by atoms with E-state index in [0.717, 1.165) is 84.9 Å². The van der Waals surface area contributed by atoms with Crippen molar-refractivity contribution in [3.05, 3.63) is 137 Å². The second-order valence-electron chi connectivity index (χ2n) is 11.3. The Morgan fingerprint density at radius 3 is 2.52 bits per heavy atom. The predicted molar refractivity (Wildman–Crippen MR) is 185 cm³/mol. The Balaban J connectivity index is 1.50. The molecule has 0 bridgehead atoms. The maximum Gasteiger partial charge on any atom is 0.154 e. The Morgan fingerprint density at radius 1 is 1.02 bits per heavy atom. The van der Waals surface area contributed by atoms with Gasteiger partial charge in [0.05, 0.1) is 5.70 Å². The maximum absolute atomic E-state index is 6.77. The third-order valence-electron chi connectivity index (χ3n) is 8.37. The zero-order chi connectivity index (χ0) is 30.5. The molecule has 1 saturated heterocycles. The molecule has 0 amide bonds. The summed E-state index contributed by atoms with van der Waals surface area (Å²) in [5.41, 5.74) is 10.1. The molecule has 2 aromatic carbocycles. The van der Waals surface area contributed by atoms with E-state index in [1.807, 2.05) is 54.9 Å². The maximum atomic E-state index is 6.77. The van der Waals surface area contributed by atoms with Crippen LogP contribution in [0.3, 0.4) is 0 Å². The van der Waals surface area contributed by atoms with Crippen molar-refractivity contribution < 1.29 is 4.42 Å². The van der Waals surface area contributed by atoms with E-state index < -0.39 is 0 Å². The Kier molecular flexibility index (Phi) is 9.15. The van der Waals surface area contributed by atoms with Crippen LogP contribution in [0.4, 0.5) is 11.4 Å². The van der Waals surface area contributed by atoms with E-state index in [9.17, 15) is 0 Å². The summed E-state index contributed by atoms with van der Waals surface area (Å²) in [6.45, 7) is 15.4. The Bertz CT molecular complexity index is 1690. The van der Waals surface area contributed by atoms with Gasteiger partial charge in [-0.25, -0.2) is 0 Å². The number of nitrogens with one attached hydrogen (secondary N) is 1. The van der Waals surface area contributed by atoms with Crippen LogP contribution in [-0.2, 0) is 6.42 Å². The average molecular weight is 603 g/mol. The van der Waals surface area contributed by atoms with Crippen LogP contribution in [0.2, 0.25) is 5.02 Å². The number of piperazine rings is 1. The number of allylic oxidation sites excluding steroid dienone is 3. The summed E-state index contributed by atoms with van der Waals surface area (Å²) in [5, 5.41) is 4.19. The highest BCUT2D eigenvalue weighted by atomic mass is 35.5. The van der Waals surface area contributed by atoms with E-state index in [4.69, 9.17) is 16.0 Å². The minimum absolute atomic E-state index is 0.610. The van der Waals surface area contributed by atoms with Gasteiger partial charge < -0.3 is 19.5 Å². The third kappa shape index (κ3) is 6.30. The van der Waals surface area contributed by atoms with Crippen molar-refractivity contribution in [3.63, 3.8) is 0 Å². The first-order valence-corrected chi connectivity index (χ1v) is 15.8. The lowest BCUT2D eigenvalue weighted by Crippen LogP contribution is -2.43. The summed E-state index contributed by atoms with van der Waals surface area (Å²) in [6, 6.07) is 21.0. The molecule has 0 saturated carbocycles. The minimum Gasteiger partial charge on any atom is -0.454 e. The highest BCUT2D eigenvalue weighted by Gasteiger charge is 2.29. The second-order valence-corrected chi connectivity index (χ2v) is 11.7. The zero-order valence-electron chi connectivity index (χ0n) is 25.4. The Labute approximate surface area is 265 Å². The first kappa shape index (κ1) is 29.7. The fraction of sp³-hybridized carbons (Fsp3) is 0.237. The SMILES string of the molecule is C=C/C=C(/CN1C(=CCCC)c2oc(-c3ccc(Cl)cc3)cc2Cc2cc(N3CCNCC3)ccc21)C(=C)c1ccncc1. The van der Waals surface area contributed by atoms with Gasteiger partial charge in [0.2, 0.25) is 0 Å². The van der Waals surface area contributed by atoms with Crippen molar-refractivity contribution in [1.29, 1.82) is 0 Å². The number of hydrogen-bond acceptors (Lipinski definition) is 5. The molecule has 2 aromatic heterocycles. The number of halogens is 1. The van der Waals surface area contributed by atoms with Crippen molar-refractivity contribution in [1.82, 2.24) is 10.3 Å². The Hall–Kier alpha value is -4.32. The van der Waals surface area contributed by atoms with Crippen LogP contribution in [-0.4, -0.2) is 37.7 Å². The number of nitrogens with zero attached hydrogens (tertiary/aromatic N) is 3. The van der Waals surface area contributed by atoms with Crippen LogP contribution < -0.4 is 15.1 Å². The smallest absolute Gasteiger partial charge is 0.154 e. The summed E-state index contributed by atoms with van der Waals surface area (Å²) in [6.07, 6.45) is 12.6. The second kappa shape index (κ2) is 13.5. The molecule has 0 radical (unpaired) electrons. The lowest BCUT2D eigenvalue weighted by Gasteiger charge is -2.32. The molecule has 44 heavy (non-hydrogen) atoms. The van der Waals surface area contributed by atoms with Crippen molar-refractivity contribution >= 4 is 34.2 Å². The van der Waals surface area contributed by atoms with Crippen LogP contribution in [0.15, 0.2) is 114 Å². The van der Waals surface area contributed by atoms with Gasteiger partial charge >= 0.3 is 0 Å². The van der Waals surface area contributed by atoms with Gasteiger partial charge in [-0.3, -0.25) is 4.98 Å². The van der Waals surface area contributed by atoms with E-state index >= 15 is 0 Å². The van der Waals surface area contributed by atoms with Crippen molar-refractivity contribution in [2.75, 3.05) is 42.5 Å².